The molecule has 0 radical (unpaired) electrons. The molecule has 8 nitrogen and oxygen atoms in total. The lowest BCUT2D eigenvalue weighted by atomic mass is 10.1. The van der Waals surface area contributed by atoms with Crippen molar-refractivity contribution in [3.05, 3.63) is 54.6 Å². The van der Waals surface area contributed by atoms with Crippen LogP contribution in [0.15, 0.2) is 48.9 Å². The summed E-state index contributed by atoms with van der Waals surface area (Å²) in [6.45, 7) is 2.71. The van der Waals surface area contributed by atoms with Crippen LogP contribution >= 0.6 is 13.5 Å². The maximum atomic E-state index is 12.9. The Bertz CT molecular complexity index is 1060. The number of ether oxygens (including phenoxy) is 1. The fourth-order valence-electron chi connectivity index (χ4n) is 3.31. The minimum atomic E-state index is -0.441. The maximum Gasteiger partial charge on any atom is 0.278 e. The van der Waals surface area contributed by atoms with Crippen LogP contribution in [0.5, 0.6) is 5.75 Å². The van der Waals surface area contributed by atoms with Gasteiger partial charge in [-0.25, -0.2) is 9.97 Å². The van der Waals surface area contributed by atoms with Crippen LogP contribution in [0.2, 0.25) is 0 Å². The van der Waals surface area contributed by atoms with Crippen LogP contribution in [0.3, 0.4) is 0 Å². The second-order valence-electron chi connectivity index (χ2n) is 6.86. The molecule has 1 atom stereocenters. The van der Waals surface area contributed by atoms with Crippen molar-refractivity contribution in [1.29, 1.82) is 0 Å². The van der Waals surface area contributed by atoms with Crippen LogP contribution in [-0.4, -0.2) is 40.6 Å². The van der Waals surface area contributed by atoms with Gasteiger partial charge in [-0.1, -0.05) is 19.1 Å². The van der Waals surface area contributed by atoms with Crippen molar-refractivity contribution in [1.82, 2.24) is 15.0 Å². The standard InChI is InChI=1S/C21H22N6O2.H2S/c1-3-13-12-27(2)17-8-9-23-10-16(17)26-21(28)19-20(22)24-11-15(25-19)14-6-4-5-7-18(14)29-13;/h4-11,13H,3,12H2,1-2H3,(H2,22,24)(H,26,28);1H2/t13-;/m0./s1. The molecule has 0 spiro atoms. The van der Waals surface area contributed by atoms with E-state index in [1.165, 1.54) is 0 Å². The molecular weight excluding hydrogens is 400 g/mol. The van der Waals surface area contributed by atoms with Gasteiger partial charge in [0.1, 0.15) is 11.9 Å². The Balaban J connectivity index is 0.00000256. The molecular formula is C21H24N6O2S. The number of nitrogens with zero attached hydrogens (tertiary/aromatic N) is 4. The van der Waals surface area contributed by atoms with Gasteiger partial charge in [-0.3, -0.25) is 9.78 Å². The summed E-state index contributed by atoms with van der Waals surface area (Å²) in [5, 5.41) is 2.87. The van der Waals surface area contributed by atoms with Crippen molar-refractivity contribution in [2.24, 2.45) is 0 Å². The first-order valence-corrected chi connectivity index (χ1v) is 9.42. The Morgan fingerprint density at radius 2 is 2.07 bits per heavy atom. The summed E-state index contributed by atoms with van der Waals surface area (Å²) in [5.74, 6) is 0.307. The number of pyridine rings is 1. The van der Waals surface area contributed by atoms with Crippen molar-refractivity contribution in [3.63, 3.8) is 0 Å². The van der Waals surface area contributed by atoms with Crippen molar-refractivity contribution < 1.29 is 9.53 Å². The number of carbonyl (C=O) groups excluding carboxylic acids is 1. The maximum absolute atomic E-state index is 12.9. The molecule has 0 fully saturated rings. The van der Waals surface area contributed by atoms with Crippen LogP contribution in [0, 0.1) is 0 Å². The molecule has 0 unspecified atom stereocenters. The van der Waals surface area contributed by atoms with Crippen LogP contribution in [0.4, 0.5) is 17.2 Å². The highest BCUT2D eigenvalue weighted by atomic mass is 32.1. The largest absolute Gasteiger partial charge is 0.488 e. The van der Waals surface area contributed by atoms with E-state index >= 15 is 0 Å². The number of likely N-dealkylation sites (N-methyl/N-ethyl adjacent to an activating group) is 1. The number of para-hydroxylation sites is 1. The van der Waals surface area contributed by atoms with Gasteiger partial charge in [0.15, 0.2) is 11.5 Å². The number of aromatic nitrogens is 3. The fraction of sp³-hybridized carbons (Fsp3) is 0.238. The van der Waals surface area contributed by atoms with E-state index in [1.54, 1.807) is 18.6 Å². The lowest BCUT2D eigenvalue weighted by Crippen LogP contribution is -2.33. The molecule has 3 aromatic rings. The normalized spacial score (nSPS) is 15.7. The molecule has 1 aromatic carbocycles. The molecule has 30 heavy (non-hydrogen) atoms. The number of nitrogens with two attached hydrogens (primary N) is 1. The van der Waals surface area contributed by atoms with Crippen molar-refractivity contribution in [3.8, 4) is 17.0 Å². The minimum absolute atomic E-state index is 0. The Morgan fingerprint density at radius 3 is 2.87 bits per heavy atom. The summed E-state index contributed by atoms with van der Waals surface area (Å²) < 4.78 is 6.34. The molecule has 4 rings (SSSR count). The molecule has 1 aliphatic heterocycles. The van der Waals surface area contributed by atoms with E-state index < -0.39 is 5.91 Å². The predicted octanol–water partition coefficient (Wildman–Crippen LogP) is 3.09. The highest BCUT2D eigenvalue weighted by Crippen LogP contribution is 2.32. The van der Waals surface area contributed by atoms with Gasteiger partial charge in [-0.05, 0) is 24.6 Å². The second kappa shape index (κ2) is 9.00. The number of benzene rings is 1. The molecule has 3 heterocycles. The number of rotatable bonds is 1. The molecule has 9 heteroatoms. The summed E-state index contributed by atoms with van der Waals surface area (Å²) in [7, 11) is 1.96. The van der Waals surface area contributed by atoms with E-state index in [9.17, 15) is 4.79 Å². The Hall–Kier alpha value is -3.33. The van der Waals surface area contributed by atoms with Crippen molar-refractivity contribution in [2.45, 2.75) is 19.4 Å². The quantitative estimate of drug-likeness (QED) is 0.618. The summed E-state index contributed by atoms with van der Waals surface area (Å²) in [4.78, 5) is 27.8. The lowest BCUT2D eigenvalue weighted by molar-refractivity contribution is 0.102. The van der Waals surface area contributed by atoms with Gasteiger partial charge >= 0.3 is 0 Å². The molecule has 1 amide bonds. The lowest BCUT2D eigenvalue weighted by Gasteiger charge is -2.27. The molecule has 1 aliphatic rings. The first-order valence-electron chi connectivity index (χ1n) is 9.42. The Morgan fingerprint density at radius 1 is 1.27 bits per heavy atom. The monoisotopic (exact) mass is 424 g/mol. The van der Waals surface area contributed by atoms with Crippen LogP contribution in [0.1, 0.15) is 23.8 Å². The number of carbonyl (C=O) groups is 1. The SMILES string of the molecule is CC[C@H]1CN(C)c2ccncc2NC(=O)c2nc(cnc2N)-c2ccccc2O1.S. The fourth-order valence-corrected chi connectivity index (χ4v) is 3.31. The van der Waals surface area contributed by atoms with Gasteiger partial charge in [-0.15, -0.1) is 0 Å². The van der Waals surface area contributed by atoms with Crippen LogP contribution in [0.25, 0.3) is 11.3 Å². The van der Waals surface area contributed by atoms with Gasteiger partial charge in [0.05, 0.1) is 36.0 Å². The minimum Gasteiger partial charge on any atom is -0.488 e. The average Bonchev–Trinajstić information content (AvgIpc) is 2.74. The van der Waals surface area contributed by atoms with Crippen molar-refractivity contribution >= 4 is 36.6 Å². The number of nitrogens with one attached hydrogen (secondary N) is 1. The van der Waals surface area contributed by atoms with Crippen LogP contribution < -0.4 is 20.7 Å². The molecule has 2 aromatic heterocycles. The average molecular weight is 425 g/mol. The first kappa shape index (κ1) is 21.4. The van der Waals surface area contributed by atoms with E-state index in [2.05, 4.69) is 27.2 Å². The summed E-state index contributed by atoms with van der Waals surface area (Å²) in [6, 6.07) is 9.44. The van der Waals surface area contributed by atoms with Gasteiger partial charge in [0.25, 0.3) is 5.91 Å². The third-order valence-electron chi connectivity index (χ3n) is 4.86. The van der Waals surface area contributed by atoms with Gasteiger partial charge in [0, 0.05) is 18.8 Å². The molecule has 0 saturated carbocycles. The Labute approximate surface area is 182 Å². The molecule has 2 bridgehead atoms. The zero-order valence-electron chi connectivity index (χ0n) is 16.8. The van der Waals surface area contributed by atoms with E-state index in [-0.39, 0.29) is 31.1 Å². The zero-order valence-corrected chi connectivity index (χ0v) is 17.8. The van der Waals surface area contributed by atoms with Gasteiger partial charge < -0.3 is 20.7 Å². The third kappa shape index (κ3) is 4.16. The van der Waals surface area contributed by atoms with E-state index in [0.717, 1.165) is 17.7 Å². The van der Waals surface area contributed by atoms with Gasteiger partial charge in [0.2, 0.25) is 0 Å². The van der Waals surface area contributed by atoms with Gasteiger partial charge in [-0.2, -0.15) is 13.5 Å². The second-order valence-corrected chi connectivity index (χ2v) is 6.86. The number of anilines is 3. The molecule has 0 saturated heterocycles. The zero-order chi connectivity index (χ0) is 20.4. The number of amides is 1. The smallest absolute Gasteiger partial charge is 0.278 e. The summed E-state index contributed by atoms with van der Waals surface area (Å²) in [6.07, 6.45) is 5.58. The summed E-state index contributed by atoms with van der Waals surface area (Å²) in [5.41, 5.74) is 8.68. The summed E-state index contributed by atoms with van der Waals surface area (Å²) >= 11 is 0. The molecule has 0 aliphatic carbocycles. The van der Waals surface area contributed by atoms with Crippen LogP contribution in [-0.2, 0) is 0 Å². The van der Waals surface area contributed by atoms with E-state index in [4.69, 9.17) is 10.5 Å². The van der Waals surface area contributed by atoms with Crippen molar-refractivity contribution in [2.75, 3.05) is 29.5 Å². The number of hydrogen-bond acceptors (Lipinski definition) is 7. The van der Waals surface area contributed by atoms with E-state index in [1.807, 2.05) is 42.3 Å². The topological polar surface area (TPSA) is 106 Å². The highest BCUT2D eigenvalue weighted by Gasteiger charge is 2.22. The number of nitrogen functional groups attached to an aromatic ring is 1. The predicted molar refractivity (Wildman–Crippen MR) is 122 cm³/mol. The first-order chi connectivity index (χ1) is 14.1. The molecule has 156 valence electrons. The van der Waals surface area contributed by atoms with E-state index in [0.29, 0.717) is 23.7 Å². The number of fused-ring (bicyclic) bond motifs is 5. The molecule has 3 N–H and O–H groups in total. The highest BCUT2D eigenvalue weighted by molar-refractivity contribution is 7.59. The number of hydrogen-bond donors (Lipinski definition) is 2. The Kier molecular flexibility index (Phi) is 6.41. The third-order valence-corrected chi connectivity index (χ3v) is 4.86.